The number of nitrogens with zero attached hydrogens (tertiary/aromatic N) is 2. The lowest BCUT2D eigenvalue weighted by atomic mass is 10.1. The summed E-state index contributed by atoms with van der Waals surface area (Å²) in [6, 6.07) is 20.0. The van der Waals surface area contributed by atoms with Gasteiger partial charge in [-0.1, -0.05) is 53.5 Å². The Morgan fingerprint density at radius 3 is 2.35 bits per heavy atom. The Morgan fingerprint density at radius 1 is 1.00 bits per heavy atom. The number of nitro groups is 1. The number of nitro benzene ring substituents is 1. The average molecular weight is 458 g/mol. The summed E-state index contributed by atoms with van der Waals surface area (Å²) in [5.74, 6) is 0. The van der Waals surface area contributed by atoms with Crippen LogP contribution in [-0.2, 0) is 4.74 Å². The lowest BCUT2D eigenvalue weighted by Crippen LogP contribution is -2.35. The summed E-state index contributed by atoms with van der Waals surface area (Å²) in [6.45, 7) is 0.268. The van der Waals surface area contributed by atoms with Crippen LogP contribution in [0.15, 0.2) is 72.8 Å². The molecule has 31 heavy (non-hydrogen) atoms. The fourth-order valence-corrected chi connectivity index (χ4v) is 3.67. The minimum absolute atomic E-state index is 0.00410. The Morgan fingerprint density at radius 2 is 1.71 bits per heavy atom. The largest absolute Gasteiger partial charge is 0.344 e. The first-order valence-electron chi connectivity index (χ1n) is 9.40. The number of non-ortho nitro benzene ring substituents is 1. The number of ether oxygens (including phenoxy) is 1. The molecule has 2 amide bonds. The predicted molar refractivity (Wildman–Crippen MR) is 118 cm³/mol. The fraction of sp³-hybridized carbons (Fsp3) is 0.136. The highest BCUT2D eigenvalue weighted by atomic mass is 35.5. The van der Waals surface area contributed by atoms with Crippen LogP contribution in [0.2, 0.25) is 10.0 Å². The number of nitrogens with one attached hydrogen (secondary N) is 1. The van der Waals surface area contributed by atoms with Crippen molar-refractivity contribution in [1.29, 1.82) is 0 Å². The molecule has 7 nitrogen and oxygen atoms in total. The molecule has 3 aromatic carbocycles. The molecular formula is C22H17Cl2N3O4. The Kier molecular flexibility index (Phi) is 6.08. The molecule has 2 unspecified atom stereocenters. The molecule has 0 aliphatic carbocycles. The summed E-state index contributed by atoms with van der Waals surface area (Å²) in [4.78, 5) is 25.1. The van der Waals surface area contributed by atoms with Crippen molar-refractivity contribution in [3.05, 3.63) is 104 Å². The zero-order chi connectivity index (χ0) is 22.0. The van der Waals surface area contributed by atoms with Crippen molar-refractivity contribution in [3.8, 4) is 0 Å². The van der Waals surface area contributed by atoms with E-state index in [1.54, 1.807) is 35.2 Å². The molecule has 0 spiro atoms. The Labute approximate surface area is 188 Å². The van der Waals surface area contributed by atoms with E-state index in [0.717, 1.165) is 11.1 Å². The van der Waals surface area contributed by atoms with Gasteiger partial charge in [-0.25, -0.2) is 4.79 Å². The number of rotatable bonds is 4. The van der Waals surface area contributed by atoms with Gasteiger partial charge >= 0.3 is 6.03 Å². The molecule has 0 bridgehead atoms. The maximum absolute atomic E-state index is 13.1. The summed E-state index contributed by atoms with van der Waals surface area (Å²) in [7, 11) is 0. The standard InChI is InChI=1S/C22H17Cl2N3O4/c23-18-11-8-16(12-19(18)24)25-22(28)26-13-20(14-6-9-17(10-7-14)27(29)30)31-21(26)15-4-2-1-3-5-15/h1-12,20-21H,13H2,(H,25,28). The van der Waals surface area contributed by atoms with Crippen LogP contribution >= 0.6 is 23.2 Å². The van der Waals surface area contributed by atoms with Crippen LogP contribution in [0, 0.1) is 10.1 Å². The average Bonchev–Trinajstić information content (AvgIpc) is 3.23. The van der Waals surface area contributed by atoms with Crippen molar-refractivity contribution in [1.82, 2.24) is 4.90 Å². The number of benzene rings is 3. The number of anilines is 1. The van der Waals surface area contributed by atoms with Crippen molar-refractivity contribution in [2.75, 3.05) is 11.9 Å². The Hall–Kier alpha value is -3.13. The second kappa shape index (κ2) is 8.93. The van der Waals surface area contributed by atoms with Crippen LogP contribution < -0.4 is 5.32 Å². The molecule has 1 heterocycles. The van der Waals surface area contributed by atoms with E-state index in [9.17, 15) is 14.9 Å². The van der Waals surface area contributed by atoms with E-state index in [0.29, 0.717) is 15.7 Å². The first-order valence-corrected chi connectivity index (χ1v) is 10.2. The van der Waals surface area contributed by atoms with E-state index >= 15 is 0 Å². The lowest BCUT2D eigenvalue weighted by molar-refractivity contribution is -0.384. The molecule has 1 N–H and O–H groups in total. The van der Waals surface area contributed by atoms with Gasteiger partial charge in [0.1, 0.15) is 6.10 Å². The van der Waals surface area contributed by atoms with Gasteiger partial charge in [-0.2, -0.15) is 0 Å². The Bertz CT molecular complexity index is 1110. The van der Waals surface area contributed by atoms with Gasteiger partial charge in [-0.15, -0.1) is 0 Å². The maximum Gasteiger partial charge on any atom is 0.324 e. The maximum atomic E-state index is 13.1. The van der Waals surface area contributed by atoms with Crippen LogP contribution in [0.5, 0.6) is 0 Å². The summed E-state index contributed by atoms with van der Waals surface area (Å²) < 4.78 is 6.20. The quantitative estimate of drug-likeness (QED) is 0.372. The molecule has 1 saturated heterocycles. The van der Waals surface area contributed by atoms with Crippen LogP contribution in [0.1, 0.15) is 23.5 Å². The highest BCUT2D eigenvalue weighted by molar-refractivity contribution is 6.42. The van der Waals surface area contributed by atoms with Crippen LogP contribution in [0.3, 0.4) is 0 Å². The second-order valence-corrected chi connectivity index (χ2v) is 7.76. The van der Waals surface area contributed by atoms with E-state index in [2.05, 4.69) is 5.32 Å². The summed E-state index contributed by atoms with van der Waals surface area (Å²) >= 11 is 12.0. The monoisotopic (exact) mass is 457 g/mol. The minimum atomic E-state index is -0.621. The van der Waals surface area contributed by atoms with Gasteiger partial charge in [0, 0.05) is 23.4 Å². The number of hydrogen-bond acceptors (Lipinski definition) is 4. The second-order valence-electron chi connectivity index (χ2n) is 6.95. The molecule has 2 atom stereocenters. The number of halogens is 2. The molecule has 9 heteroatoms. The summed E-state index contributed by atoms with van der Waals surface area (Å²) in [5, 5.41) is 14.5. The first kappa shape index (κ1) is 21.1. The van der Waals surface area contributed by atoms with Crippen LogP contribution in [0.4, 0.5) is 16.2 Å². The third kappa shape index (κ3) is 4.64. The minimum Gasteiger partial charge on any atom is -0.344 e. The molecule has 1 fully saturated rings. The molecule has 1 aliphatic heterocycles. The van der Waals surface area contributed by atoms with Crippen molar-refractivity contribution in [3.63, 3.8) is 0 Å². The van der Waals surface area contributed by atoms with Gasteiger partial charge in [-0.3, -0.25) is 15.0 Å². The topological polar surface area (TPSA) is 84.7 Å². The van der Waals surface area contributed by atoms with Crippen molar-refractivity contribution in [2.24, 2.45) is 0 Å². The fourth-order valence-electron chi connectivity index (χ4n) is 3.38. The highest BCUT2D eigenvalue weighted by Gasteiger charge is 2.38. The lowest BCUT2D eigenvalue weighted by Gasteiger charge is -2.23. The van der Waals surface area contributed by atoms with Gasteiger partial charge in [0.2, 0.25) is 0 Å². The van der Waals surface area contributed by atoms with Crippen molar-refractivity contribution < 1.29 is 14.5 Å². The molecule has 158 valence electrons. The Balaban J connectivity index is 1.59. The third-order valence-electron chi connectivity index (χ3n) is 4.93. The molecule has 1 aliphatic rings. The van der Waals surface area contributed by atoms with Gasteiger partial charge in [0.05, 0.1) is 21.5 Å². The molecular weight excluding hydrogens is 441 g/mol. The molecule has 0 saturated carbocycles. The van der Waals surface area contributed by atoms with E-state index in [-0.39, 0.29) is 18.3 Å². The van der Waals surface area contributed by atoms with Crippen molar-refractivity contribution in [2.45, 2.75) is 12.3 Å². The van der Waals surface area contributed by atoms with E-state index in [4.69, 9.17) is 27.9 Å². The molecule has 0 aromatic heterocycles. The predicted octanol–water partition coefficient (Wildman–Crippen LogP) is 6.21. The van der Waals surface area contributed by atoms with E-state index in [1.807, 2.05) is 30.3 Å². The third-order valence-corrected chi connectivity index (χ3v) is 5.67. The molecule has 0 radical (unpaired) electrons. The highest BCUT2D eigenvalue weighted by Crippen LogP contribution is 2.38. The molecule has 3 aromatic rings. The van der Waals surface area contributed by atoms with Crippen LogP contribution in [-0.4, -0.2) is 22.4 Å². The number of urea groups is 1. The zero-order valence-electron chi connectivity index (χ0n) is 16.1. The number of carbonyl (C=O) groups is 1. The van der Waals surface area contributed by atoms with Crippen molar-refractivity contribution >= 4 is 40.6 Å². The summed E-state index contributed by atoms with van der Waals surface area (Å²) in [6.07, 6.45) is -1.06. The van der Waals surface area contributed by atoms with Gasteiger partial charge in [0.15, 0.2) is 6.23 Å². The summed E-state index contributed by atoms with van der Waals surface area (Å²) in [5.41, 5.74) is 2.06. The number of hydrogen-bond donors (Lipinski definition) is 1. The normalized spacial score (nSPS) is 18.1. The van der Waals surface area contributed by atoms with Gasteiger partial charge in [-0.05, 0) is 35.9 Å². The van der Waals surface area contributed by atoms with Gasteiger partial charge < -0.3 is 10.1 Å². The van der Waals surface area contributed by atoms with Gasteiger partial charge in [0.25, 0.3) is 5.69 Å². The molecule has 4 rings (SSSR count). The zero-order valence-corrected chi connectivity index (χ0v) is 17.6. The van der Waals surface area contributed by atoms with E-state index in [1.165, 1.54) is 12.1 Å². The van der Waals surface area contributed by atoms with E-state index < -0.39 is 17.3 Å². The number of carbonyl (C=O) groups excluding carboxylic acids is 1. The van der Waals surface area contributed by atoms with Crippen LogP contribution in [0.25, 0.3) is 0 Å². The SMILES string of the molecule is O=C(Nc1ccc(Cl)c(Cl)c1)N1CC(c2ccc([N+](=O)[O-])cc2)OC1c1ccccc1. The smallest absolute Gasteiger partial charge is 0.324 e. The number of amides is 2. The first-order chi connectivity index (χ1) is 14.9.